The van der Waals surface area contributed by atoms with Gasteiger partial charge in [-0.3, -0.25) is 4.79 Å². The van der Waals surface area contributed by atoms with E-state index >= 15 is 0 Å². The summed E-state index contributed by atoms with van der Waals surface area (Å²) in [7, 11) is 1.23. The summed E-state index contributed by atoms with van der Waals surface area (Å²) in [6.07, 6.45) is 1.50. The Hall–Kier alpha value is -2.62. The minimum Gasteiger partial charge on any atom is -0.468 e. The quantitative estimate of drug-likeness (QED) is 0.599. The van der Waals surface area contributed by atoms with Gasteiger partial charge in [-0.05, 0) is 29.7 Å². The average Bonchev–Trinajstić information content (AvgIpc) is 3.17. The van der Waals surface area contributed by atoms with Crippen LogP contribution in [-0.2, 0) is 14.9 Å². The average molecular weight is 435 g/mol. The van der Waals surface area contributed by atoms with E-state index in [9.17, 15) is 14.4 Å². The molecule has 5 nitrogen and oxygen atoms in total. The van der Waals surface area contributed by atoms with Crippen molar-refractivity contribution in [1.29, 1.82) is 5.26 Å². The molecule has 1 heterocycles. The zero-order valence-electron chi connectivity index (χ0n) is 15.9. The van der Waals surface area contributed by atoms with Crippen LogP contribution in [-0.4, -0.2) is 18.1 Å². The van der Waals surface area contributed by atoms with Crippen LogP contribution in [0.25, 0.3) is 0 Å². The van der Waals surface area contributed by atoms with Crippen molar-refractivity contribution in [2.24, 2.45) is 11.3 Å². The first kappa shape index (κ1) is 21.1. The lowest BCUT2D eigenvalue weighted by Gasteiger charge is -2.20. The highest BCUT2D eigenvalue weighted by Crippen LogP contribution is 2.71. The van der Waals surface area contributed by atoms with Crippen molar-refractivity contribution in [3.8, 4) is 17.7 Å². The first-order valence-electron chi connectivity index (χ1n) is 8.65. The van der Waals surface area contributed by atoms with Gasteiger partial charge in [0.15, 0.2) is 5.82 Å². The van der Waals surface area contributed by atoms with Crippen LogP contribution in [0.2, 0.25) is 0 Å². The molecule has 1 aliphatic rings. The molecule has 0 saturated heterocycles. The van der Waals surface area contributed by atoms with Crippen LogP contribution < -0.4 is 4.74 Å². The summed E-state index contributed by atoms with van der Waals surface area (Å²) in [6, 6.07) is 11.4. The van der Waals surface area contributed by atoms with Gasteiger partial charge in [0, 0.05) is 5.92 Å². The zero-order chi connectivity index (χ0) is 21.4. The van der Waals surface area contributed by atoms with Gasteiger partial charge in [0.25, 0.3) is 5.88 Å². The number of pyridine rings is 1. The van der Waals surface area contributed by atoms with E-state index in [1.54, 1.807) is 44.2 Å². The van der Waals surface area contributed by atoms with E-state index in [2.05, 4.69) is 4.98 Å². The number of nitrogens with zero attached hydrogens (tertiary/aromatic N) is 2. The van der Waals surface area contributed by atoms with Gasteiger partial charge in [0.2, 0.25) is 0 Å². The van der Waals surface area contributed by atoms with Crippen LogP contribution in [0.15, 0.2) is 47.0 Å². The van der Waals surface area contributed by atoms with Crippen molar-refractivity contribution in [3.05, 3.63) is 64.0 Å². The molecule has 29 heavy (non-hydrogen) atoms. The molecule has 1 aliphatic carbocycles. The maximum absolute atomic E-state index is 14.6. The number of para-hydroxylation sites is 1. The monoisotopic (exact) mass is 434 g/mol. The summed E-state index contributed by atoms with van der Waals surface area (Å²) in [4.78, 5) is 17.2. The fourth-order valence-corrected chi connectivity index (χ4v) is 4.14. The SMILES string of the molecule is COC(=O)C1(c2nc(Oc3ccccc3)c(F)cc2C#N)C(C=C(Cl)Cl)C1(C)C. The number of allylic oxidation sites excluding steroid dienone is 1. The van der Waals surface area contributed by atoms with Crippen LogP contribution in [0.5, 0.6) is 11.6 Å². The number of nitriles is 1. The maximum atomic E-state index is 14.6. The Labute approximate surface area is 177 Å². The molecule has 2 atom stereocenters. The minimum absolute atomic E-state index is 0.0322. The fraction of sp³-hybridized carbons (Fsp3) is 0.286. The third kappa shape index (κ3) is 3.35. The molecule has 2 unspecified atom stereocenters. The molecule has 8 heteroatoms. The molecule has 0 amide bonds. The second kappa shape index (κ2) is 7.66. The van der Waals surface area contributed by atoms with Crippen molar-refractivity contribution >= 4 is 29.2 Å². The number of hydrogen-bond donors (Lipinski definition) is 0. The number of carbonyl (C=O) groups is 1. The number of hydrogen-bond acceptors (Lipinski definition) is 5. The Morgan fingerprint density at radius 3 is 2.52 bits per heavy atom. The molecule has 1 aromatic heterocycles. The normalized spacial score (nSPS) is 21.6. The molecular weight excluding hydrogens is 418 g/mol. The van der Waals surface area contributed by atoms with Gasteiger partial charge in [-0.25, -0.2) is 9.37 Å². The van der Waals surface area contributed by atoms with Crippen molar-refractivity contribution in [2.45, 2.75) is 19.3 Å². The summed E-state index contributed by atoms with van der Waals surface area (Å²) >= 11 is 11.7. The Morgan fingerprint density at radius 1 is 1.31 bits per heavy atom. The van der Waals surface area contributed by atoms with E-state index in [4.69, 9.17) is 32.7 Å². The lowest BCUT2D eigenvalue weighted by molar-refractivity contribution is -0.145. The molecule has 0 bridgehead atoms. The highest BCUT2D eigenvalue weighted by atomic mass is 35.5. The molecule has 1 saturated carbocycles. The number of halogens is 3. The van der Waals surface area contributed by atoms with E-state index < -0.39 is 28.5 Å². The van der Waals surface area contributed by atoms with Gasteiger partial charge in [-0.1, -0.05) is 55.2 Å². The number of methoxy groups -OCH3 is 1. The summed E-state index contributed by atoms with van der Waals surface area (Å²) in [5, 5.41) is 9.59. The van der Waals surface area contributed by atoms with Gasteiger partial charge in [0.05, 0.1) is 18.4 Å². The van der Waals surface area contributed by atoms with Crippen LogP contribution >= 0.6 is 23.2 Å². The highest BCUT2D eigenvalue weighted by molar-refractivity contribution is 6.55. The summed E-state index contributed by atoms with van der Waals surface area (Å²) in [6.45, 7) is 3.59. The zero-order valence-corrected chi connectivity index (χ0v) is 17.4. The Kier molecular flexibility index (Phi) is 5.57. The second-order valence-corrected chi connectivity index (χ2v) is 8.16. The molecule has 150 valence electrons. The third-order valence-electron chi connectivity index (χ3n) is 5.37. The number of esters is 1. The van der Waals surface area contributed by atoms with Crippen molar-refractivity contribution < 1.29 is 18.7 Å². The number of rotatable bonds is 5. The number of aromatic nitrogens is 1. The number of carbonyl (C=O) groups excluding carboxylic acids is 1. The van der Waals surface area contributed by atoms with Crippen LogP contribution in [0.3, 0.4) is 0 Å². The highest BCUT2D eigenvalue weighted by Gasteiger charge is 2.78. The van der Waals surface area contributed by atoms with Crippen molar-refractivity contribution in [2.75, 3.05) is 7.11 Å². The summed E-state index contributed by atoms with van der Waals surface area (Å²) in [5.41, 5.74) is -2.15. The Morgan fingerprint density at radius 2 is 1.97 bits per heavy atom. The molecule has 0 radical (unpaired) electrons. The Balaban J connectivity index is 2.21. The molecule has 2 aromatic rings. The third-order valence-corrected chi connectivity index (χ3v) is 5.62. The van der Waals surface area contributed by atoms with Crippen LogP contribution in [0.1, 0.15) is 25.1 Å². The molecule has 3 rings (SSSR count). The second-order valence-electron chi connectivity index (χ2n) is 7.15. The summed E-state index contributed by atoms with van der Waals surface area (Å²) < 4.78 is 25.1. The molecule has 1 aromatic carbocycles. The first-order chi connectivity index (χ1) is 13.7. The maximum Gasteiger partial charge on any atom is 0.319 e. The largest absolute Gasteiger partial charge is 0.468 e. The smallest absolute Gasteiger partial charge is 0.319 e. The van der Waals surface area contributed by atoms with Gasteiger partial charge in [-0.15, -0.1) is 0 Å². The molecule has 1 fully saturated rings. The van der Waals surface area contributed by atoms with E-state index in [-0.39, 0.29) is 21.6 Å². The molecular formula is C21H17Cl2FN2O3. The Bertz CT molecular complexity index is 1030. The predicted octanol–water partition coefficient (Wildman–Crippen LogP) is 5.27. The lowest BCUT2D eigenvalue weighted by atomic mass is 9.88. The number of benzene rings is 1. The first-order valence-corrected chi connectivity index (χ1v) is 9.41. The topological polar surface area (TPSA) is 72.2 Å². The van der Waals surface area contributed by atoms with Gasteiger partial charge in [-0.2, -0.15) is 5.26 Å². The molecule has 0 aliphatic heterocycles. The standard InChI is InChI=1S/C21H17Cl2FN2O3/c1-20(2)15(10-16(22)23)21(20,19(27)28-3)17-12(11-25)9-14(24)18(26-17)29-13-7-5-4-6-8-13/h4-10,15H,1-3H3. The predicted molar refractivity (Wildman–Crippen MR) is 106 cm³/mol. The van der Waals surface area contributed by atoms with E-state index in [0.29, 0.717) is 5.75 Å². The van der Waals surface area contributed by atoms with Gasteiger partial charge < -0.3 is 9.47 Å². The fourth-order valence-electron chi connectivity index (χ4n) is 3.89. The van der Waals surface area contributed by atoms with Crippen LogP contribution in [0.4, 0.5) is 4.39 Å². The lowest BCUT2D eigenvalue weighted by Crippen LogP contribution is -2.30. The van der Waals surface area contributed by atoms with Crippen molar-refractivity contribution in [1.82, 2.24) is 4.98 Å². The van der Waals surface area contributed by atoms with Crippen molar-refractivity contribution in [3.63, 3.8) is 0 Å². The van der Waals surface area contributed by atoms with E-state index in [0.717, 1.165) is 6.07 Å². The number of ether oxygens (including phenoxy) is 2. The molecule has 0 spiro atoms. The van der Waals surface area contributed by atoms with Gasteiger partial charge >= 0.3 is 5.97 Å². The van der Waals surface area contributed by atoms with Crippen LogP contribution in [0, 0.1) is 28.5 Å². The minimum atomic E-state index is -1.37. The molecule has 0 N–H and O–H groups in total. The van der Waals surface area contributed by atoms with Gasteiger partial charge in [0.1, 0.15) is 21.7 Å². The van der Waals surface area contributed by atoms with E-state index in [1.165, 1.54) is 13.2 Å². The van der Waals surface area contributed by atoms with E-state index in [1.807, 2.05) is 6.07 Å². The summed E-state index contributed by atoms with van der Waals surface area (Å²) in [5.74, 6) is -1.95.